The lowest BCUT2D eigenvalue weighted by Gasteiger charge is -2.21. The number of carboxylic acids is 1. The molecule has 1 rings (SSSR count). The molecule has 0 saturated heterocycles. The fraction of sp³-hybridized carbons (Fsp3) is 0.476. The van der Waals surface area contributed by atoms with Gasteiger partial charge in [0.2, 0.25) is 23.6 Å². The number of hydrogen-bond acceptors (Lipinski definition) is 8. The van der Waals surface area contributed by atoms with Crippen LogP contribution >= 0.6 is 11.8 Å². The summed E-state index contributed by atoms with van der Waals surface area (Å²) in [5.74, 6) is -3.15. The van der Waals surface area contributed by atoms with Gasteiger partial charge in [0.05, 0.1) is 12.6 Å². The molecule has 1 aromatic carbocycles. The van der Waals surface area contributed by atoms with E-state index in [-0.39, 0.29) is 18.6 Å². The number of aliphatic carboxylic acids is 1. The molecule has 0 heterocycles. The predicted molar refractivity (Wildman–Crippen MR) is 126 cm³/mol. The summed E-state index contributed by atoms with van der Waals surface area (Å²) in [6, 6.07) is 3.19. The lowest BCUT2D eigenvalue weighted by Crippen LogP contribution is -2.54. The van der Waals surface area contributed by atoms with Crippen molar-refractivity contribution in [2.75, 3.05) is 25.1 Å². The molecule has 34 heavy (non-hydrogen) atoms. The Bertz CT molecular complexity index is 864. The third-order valence-corrected chi connectivity index (χ3v) is 5.17. The fourth-order valence-corrected chi connectivity index (χ4v) is 3.18. The number of phenols is 1. The van der Waals surface area contributed by atoms with Crippen LogP contribution in [0.2, 0.25) is 0 Å². The van der Waals surface area contributed by atoms with Crippen LogP contribution in [0.5, 0.6) is 5.75 Å². The normalized spacial score (nSPS) is 13.1. The topological polar surface area (TPSA) is 200 Å². The molecule has 1 aromatic rings. The van der Waals surface area contributed by atoms with Crippen molar-refractivity contribution in [2.45, 2.75) is 37.9 Å². The van der Waals surface area contributed by atoms with E-state index in [1.165, 1.54) is 30.8 Å². The summed E-state index contributed by atoms with van der Waals surface area (Å²) in [6.07, 6.45) is 2.17. The van der Waals surface area contributed by atoms with Crippen LogP contribution in [0, 0.1) is 0 Å². The van der Waals surface area contributed by atoms with Gasteiger partial charge >= 0.3 is 5.97 Å². The highest BCUT2D eigenvalue weighted by Crippen LogP contribution is 2.11. The van der Waals surface area contributed by atoms with Gasteiger partial charge in [0, 0.05) is 6.42 Å². The standard InChI is InChI=1S/C21H31N5O7S/c1-12(22)19(31)26-16(9-13-3-5-14(27)6-4-13)21(33)23-10-17(28)25-15(7-8-34-2)20(32)24-11-18(29)30/h3-6,12,15-16,27H,7-11,22H2,1-2H3,(H,23,33)(H,24,32)(H,25,28)(H,26,31)(H,29,30)/t12-,15-,16-/m0/s1. The molecule has 0 unspecified atom stereocenters. The highest BCUT2D eigenvalue weighted by molar-refractivity contribution is 7.98. The number of thioether (sulfide) groups is 1. The second kappa shape index (κ2) is 14.8. The van der Waals surface area contributed by atoms with E-state index in [0.29, 0.717) is 11.3 Å². The molecule has 0 aliphatic carbocycles. The summed E-state index contributed by atoms with van der Waals surface area (Å²) in [6.45, 7) is 0.406. The Morgan fingerprint density at radius 3 is 2.09 bits per heavy atom. The second-order valence-corrected chi connectivity index (χ2v) is 8.44. The van der Waals surface area contributed by atoms with Crippen LogP contribution in [0.4, 0.5) is 0 Å². The molecule has 0 spiro atoms. The first kappa shape index (κ1) is 28.7. The van der Waals surface area contributed by atoms with Gasteiger partial charge in [0.1, 0.15) is 24.4 Å². The summed E-state index contributed by atoms with van der Waals surface area (Å²) in [5, 5.41) is 27.8. The minimum Gasteiger partial charge on any atom is -0.508 e. The molecule has 8 N–H and O–H groups in total. The molecule has 3 atom stereocenters. The number of carbonyl (C=O) groups is 5. The number of nitrogens with one attached hydrogen (secondary N) is 4. The van der Waals surface area contributed by atoms with Crippen LogP contribution in [0.1, 0.15) is 18.9 Å². The molecule has 0 aliphatic rings. The van der Waals surface area contributed by atoms with Gasteiger partial charge in [-0.05, 0) is 43.0 Å². The maximum absolute atomic E-state index is 12.7. The summed E-state index contributed by atoms with van der Waals surface area (Å²) < 4.78 is 0. The number of benzene rings is 1. The van der Waals surface area contributed by atoms with E-state index in [2.05, 4.69) is 21.3 Å². The molecule has 0 aliphatic heterocycles. The Morgan fingerprint density at radius 2 is 1.53 bits per heavy atom. The largest absolute Gasteiger partial charge is 0.508 e. The second-order valence-electron chi connectivity index (χ2n) is 7.45. The Kier molecular flexibility index (Phi) is 12.5. The van der Waals surface area contributed by atoms with Gasteiger partial charge in [0.25, 0.3) is 0 Å². The van der Waals surface area contributed by atoms with Gasteiger partial charge in [-0.2, -0.15) is 11.8 Å². The quantitative estimate of drug-likeness (QED) is 0.157. The number of aromatic hydroxyl groups is 1. The highest BCUT2D eigenvalue weighted by Gasteiger charge is 2.25. The minimum atomic E-state index is -1.22. The van der Waals surface area contributed by atoms with Crippen LogP contribution in [0.3, 0.4) is 0 Å². The van der Waals surface area contributed by atoms with E-state index >= 15 is 0 Å². The Hall–Kier alpha value is -3.32. The van der Waals surface area contributed by atoms with Gasteiger partial charge in [0.15, 0.2) is 0 Å². The van der Waals surface area contributed by atoms with Gasteiger partial charge in [-0.15, -0.1) is 0 Å². The average Bonchev–Trinajstić information content (AvgIpc) is 2.79. The molecule has 0 bridgehead atoms. The molecule has 188 valence electrons. The molecule has 13 heteroatoms. The fourth-order valence-electron chi connectivity index (χ4n) is 2.71. The van der Waals surface area contributed by atoms with Gasteiger partial charge in [-0.25, -0.2) is 0 Å². The minimum absolute atomic E-state index is 0.0458. The lowest BCUT2D eigenvalue weighted by molar-refractivity contribution is -0.138. The monoisotopic (exact) mass is 497 g/mol. The van der Waals surface area contributed by atoms with Gasteiger partial charge < -0.3 is 37.2 Å². The Balaban J connectivity index is 2.77. The predicted octanol–water partition coefficient (Wildman–Crippen LogP) is -1.68. The zero-order valence-electron chi connectivity index (χ0n) is 19.0. The average molecular weight is 498 g/mol. The summed E-state index contributed by atoms with van der Waals surface area (Å²) in [7, 11) is 0. The number of rotatable bonds is 14. The number of carbonyl (C=O) groups excluding carboxylic acids is 4. The van der Waals surface area contributed by atoms with Crippen LogP contribution in [0.15, 0.2) is 24.3 Å². The van der Waals surface area contributed by atoms with Crippen molar-refractivity contribution in [1.82, 2.24) is 21.3 Å². The lowest BCUT2D eigenvalue weighted by atomic mass is 10.0. The summed E-state index contributed by atoms with van der Waals surface area (Å²) in [5.41, 5.74) is 6.22. The molecule has 4 amide bonds. The third-order valence-electron chi connectivity index (χ3n) is 4.52. The van der Waals surface area contributed by atoms with Crippen LogP contribution in [0.25, 0.3) is 0 Å². The van der Waals surface area contributed by atoms with Crippen molar-refractivity contribution in [3.63, 3.8) is 0 Å². The molecular weight excluding hydrogens is 466 g/mol. The third kappa shape index (κ3) is 11.0. The van der Waals surface area contributed by atoms with Crippen molar-refractivity contribution in [3.8, 4) is 5.75 Å². The van der Waals surface area contributed by atoms with Crippen molar-refractivity contribution >= 4 is 41.4 Å². The van der Waals surface area contributed by atoms with Crippen LogP contribution in [-0.2, 0) is 30.4 Å². The zero-order valence-corrected chi connectivity index (χ0v) is 19.8. The number of nitrogens with two attached hydrogens (primary N) is 1. The molecule has 0 radical (unpaired) electrons. The maximum atomic E-state index is 12.7. The Labute approximate surface area is 201 Å². The van der Waals surface area contributed by atoms with Crippen molar-refractivity contribution in [2.24, 2.45) is 5.73 Å². The van der Waals surface area contributed by atoms with E-state index in [0.717, 1.165) is 0 Å². The maximum Gasteiger partial charge on any atom is 0.322 e. The van der Waals surface area contributed by atoms with E-state index in [4.69, 9.17) is 10.8 Å². The van der Waals surface area contributed by atoms with Crippen molar-refractivity contribution in [1.29, 1.82) is 0 Å². The van der Waals surface area contributed by atoms with E-state index in [1.807, 2.05) is 6.26 Å². The number of hydrogen-bond donors (Lipinski definition) is 7. The van der Waals surface area contributed by atoms with Crippen LogP contribution < -0.4 is 27.0 Å². The molecule has 0 aromatic heterocycles. The van der Waals surface area contributed by atoms with Crippen molar-refractivity contribution < 1.29 is 34.2 Å². The number of phenolic OH excluding ortho intramolecular Hbond substituents is 1. The molecule has 0 saturated carbocycles. The van der Waals surface area contributed by atoms with Gasteiger partial charge in [-0.3, -0.25) is 24.0 Å². The molecule has 0 fully saturated rings. The first-order valence-electron chi connectivity index (χ1n) is 10.4. The zero-order chi connectivity index (χ0) is 25.7. The molecule has 12 nitrogen and oxygen atoms in total. The van der Waals surface area contributed by atoms with E-state index in [1.54, 1.807) is 12.1 Å². The van der Waals surface area contributed by atoms with E-state index < -0.39 is 60.8 Å². The smallest absolute Gasteiger partial charge is 0.322 e. The number of amides is 4. The summed E-state index contributed by atoms with van der Waals surface area (Å²) >= 11 is 1.45. The Morgan fingerprint density at radius 1 is 0.941 bits per heavy atom. The number of carboxylic acid groups (broad SMARTS) is 1. The molecular formula is C21H31N5O7S. The summed E-state index contributed by atoms with van der Waals surface area (Å²) in [4.78, 5) is 59.9. The highest BCUT2D eigenvalue weighted by atomic mass is 32.2. The van der Waals surface area contributed by atoms with Gasteiger partial charge in [-0.1, -0.05) is 12.1 Å². The first-order valence-corrected chi connectivity index (χ1v) is 11.8. The van der Waals surface area contributed by atoms with Crippen LogP contribution in [-0.4, -0.2) is 83.0 Å². The SMILES string of the molecule is CSCC[C@H](NC(=O)CNC(=O)[C@H](Cc1ccc(O)cc1)NC(=O)[C@H](C)N)C(=O)NCC(=O)O. The van der Waals surface area contributed by atoms with E-state index in [9.17, 15) is 29.1 Å². The first-order chi connectivity index (χ1) is 16.0. The van der Waals surface area contributed by atoms with Crippen molar-refractivity contribution in [3.05, 3.63) is 29.8 Å².